The summed E-state index contributed by atoms with van der Waals surface area (Å²) in [5.41, 5.74) is 3.51. The van der Waals surface area contributed by atoms with Crippen LogP contribution in [0.2, 0.25) is 0 Å². The summed E-state index contributed by atoms with van der Waals surface area (Å²) in [6.45, 7) is 5.79. The first-order valence-corrected chi connectivity index (χ1v) is 15.0. The van der Waals surface area contributed by atoms with E-state index in [1.807, 2.05) is 36.4 Å². The quantitative estimate of drug-likeness (QED) is 0.381. The van der Waals surface area contributed by atoms with Gasteiger partial charge >= 0.3 is 0 Å². The van der Waals surface area contributed by atoms with Gasteiger partial charge in [0.2, 0.25) is 0 Å². The Morgan fingerprint density at radius 3 is 2.65 bits per heavy atom. The van der Waals surface area contributed by atoms with Crippen LogP contribution in [0.25, 0.3) is 0 Å². The van der Waals surface area contributed by atoms with Gasteiger partial charge in [0, 0.05) is 44.4 Å². The van der Waals surface area contributed by atoms with Crippen molar-refractivity contribution >= 4 is 11.6 Å². The molecule has 0 aromatic heterocycles. The fourth-order valence-electron chi connectivity index (χ4n) is 5.50. The molecular formula is C32H47N3O5. The van der Waals surface area contributed by atoms with Crippen molar-refractivity contribution in [2.75, 3.05) is 38.7 Å². The maximum Gasteiger partial charge on any atom is 0.251 e. The van der Waals surface area contributed by atoms with Crippen molar-refractivity contribution < 1.29 is 24.1 Å². The van der Waals surface area contributed by atoms with Crippen LogP contribution in [-0.2, 0) is 17.9 Å². The zero-order valence-corrected chi connectivity index (χ0v) is 24.2. The second-order valence-corrected chi connectivity index (χ2v) is 11.3. The molecule has 40 heavy (non-hydrogen) atoms. The van der Waals surface area contributed by atoms with Crippen LogP contribution >= 0.6 is 0 Å². The topological polar surface area (TPSA) is 101 Å². The summed E-state index contributed by atoms with van der Waals surface area (Å²) in [5.74, 6) is 1.76. The van der Waals surface area contributed by atoms with Crippen LogP contribution in [-0.4, -0.2) is 56.6 Å². The van der Waals surface area contributed by atoms with Crippen molar-refractivity contribution in [1.82, 2.24) is 10.6 Å². The van der Waals surface area contributed by atoms with Gasteiger partial charge < -0.3 is 35.3 Å². The minimum absolute atomic E-state index is 0.174. The number of hydrogen-bond donors (Lipinski definition) is 4. The number of fused-ring (bicyclic) bond motifs is 3. The molecule has 2 aromatic rings. The summed E-state index contributed by atoms with van der Waals surface area (Å²) >= 11 is 0. The molecule has 0 aliphatic carbocycles. The monoisotopic (exact) mass is 553 g/mol. The number of carbonyl (C=O) groups excluding carboxylic acids is 1. The van der Waals surface area contributed by atoms with Crippen LogP contribution in [0.1, 0.15) is 79.8 Å². The number of amides is 1. The van der Waals surface area contributed by atoms with E-state index in [2.05, 4.69) is 22.9 Å². The zero-order chi connectivity index (χ0) is 28.2. The number of hydrogen-bond acceptors (Lipinski definition) is 7. The van der Waals surface area contributed by atoms with Gasteiger partial charge in [0.05, 0.1) is 32.0 Å². The average Bonchev–Trinajstić information content (AvgIpc) is 3.18. The van der Waals surface area contributed by atoms with Gasteiger partial charge in [-0.2, -0.15) is 0 Å². The Morgan fingerprint density at radius 2 is 1.80 bits per heavy atom. The Morgan fingerprint density at radius 1 is 1.00 bits per heavy atom. The first-order chi connectivity index (χ1) is 19.5. The summed E-state index contributed by atoms with van der Waals surface area (Å²) < 4.78 is 16.9. The van der Waals surface area contributed by atoms with E-state index < -0.39 is 6.10 Å². The number of rotatable bonds is 7. The molecule has 0 saturated heterocycles. The number of nitrogens with one attached hydrogen (secondary N) is 3. The molecule has 2 aliphatic rings. The van der Waals surface area contributed by atoms with Crippen molar-refractivity contribution in [2.45, 2.75) is 83.6 Å². The molecule has 2 heterocycles. The highest BCUT2D eigenvalue weighted by Crippen LogP contribution is 2.30. The van der Waals surface area contributed by atoms with E-state index in [4.69, 9.17) is 14.2 Å². The number of anilines is 1. The number of carbonyl (C=O) groups is 1. The van der Waals surface area contributed by atoms with Crippen molar-refractivity contribution in [3.63, 3.8) is 0 Å². The highest BCUT2D eigenvalue weighted by molar-refractivity contribution is 5.95. The minimum Gasteiger partial charge on any atom is -0.490 e. The van der Waals surface area contributed by atoms with Crippen LogP contribution in [0.3, 0.4) is 0 Å². The SMILES string of the molecule is COCc1cc2cc(c1)C(=O)N[C@H]([C@H](O)CNCc1ccc3c(c1)OCCCO3)C[C@H](C)CCCCCCCN2. The zero-order valence-electron chi connectivity index (χ0n) is 24.2. The Hall–Kier alpha value is -2.81. The van der Waals surface area contributed by atoms with Gasteiger partial charge in [0.1, 0.15) is 0 Å². The number of benzene rings is 2. The van der Waals surface area contributed by atoms with Gasteiger partial charge in [-0.25, -0.2) is 0 Å². The van der Waals surface area contributed by atoms with Crippen LogP contribution < -0.4 is 25.4 Å². The first kappa shape index (κ1) is 30.2. The Bertz CT molecular complexity index is 1080. The summed E-state index contributed by atoms with van der Waals surface area (Å²) in [7, 11) is 1.66. The van der Waals surface area contributed by atoms with Gasteiger partial charge in [0.15, 0.2) is 11.5 Å². The second kappa shape index (κ2) is 15.8. The Kier molecular flexibility index (Phi) is 11.9. The number of methoxy groups -OCH3 is 1. The molecule has 8 heteroatoms. The van der Waals surface area contributed by atoms with Gasteiger partial charge in [-0.15, -0.1) is 0 Å². The van der Waals surface area contributed by atoms with E-state index in [9.17, 15) is 9.90 Å². The highest BCUT2D eigenvalue weighted by Gasteiger charge is 2.24. The molecule has 220 valence electrons. The lowest BCUT2D eigenvalue weighted by Gasteiger charge is -2.27. The second-order valence-electron chi connectivity index (χ2n) is 11.3. The Balaban J connectivity index is 1.43. The normalized spacial score (nSPS) is 21.5. The van der Waals surface area contributed by atoms with Crippen molar-refractivity contribution in [1.29, 1.82) is 0 Å². The van der Waals surface area contributed by atoms with Gasteiger partial charge in [-0.3, -0.25) is 4.79 Å². The van der Waals surface area contributed by atoms with Gasteiger partial charge in [-0.1, -0.05) is 45.1 Å². The van der Waals surface area contributed by atoms with Crippen molar-refractivity contribution in [3.8, 4) is 11.5 Å². The standard InChI is InChI=1S/C32H47N3O5/c1-23-9-6-4-3-5-7-12-34-27-17-25(22-38-2)16-26(19-27)32(37)35-28(15-23)29(36)21-33-20-24-10-11-30-31(18-24)40-14-8-13-39-30/h10-11,16-19,23,28-29,33-34,36H,3-9,12-15,20-22H2,1-2H3,(H,35,37)/t23-,28+,29-/m1/s1. The fourth-order valence-corrected chi connectivity index (χ4v) is 5.50. The van der Waals surface area contributed by atoms with Gasteiger partial charge in [-0.05, 0) is 60.2 Å². The molecular weight excluding hydrogens is 506 g/mol. The molecule has 8 nitrogen and oxygen atoms in total. The molecule has 0 radical (unpaired) electrons. The number of aliphatic hydroxyl groups excluding tert-OH is 1. The van der Waals surface area contributed by atoms with E-state index in [1.54, 1.807) is 7.11 Å². The summed E-state index contributed by atoms with van der Waals surface area (Å²) in [4.78, 5) is 13.5. The summed E-state index contributed by atoms with van der Waals surface area (Å²) in [6, 6.07) is 11.4. The molecule has 4 N–H and O–H groups in total. The van der Waals surface area contributed by atoms with Gasteiger partial charge in [0.25, 0.3) is 5.91 Å². The molecule has 0 fully saturated rings. The van der Waals surface area contributed by atoms with Crippen LogP contribution in [0.5, 0.6) is 11.5 Å². The van der Waals surface area contributed by atoms with Crippen LogP contribution in [0.15, 0.2) is 36.4 Å². The third kappa shape index (κ3) is 9.39. The fraction of sp³-hybridized carbons (Fsp3) is 0.594. The molecule has 3 atom stereocenters. The van der Waals surface area contributed by atoms with E-state index in [0.717, 1.165) is 60.5 Å². The molecule has 2 bridgehead atoms. The van der Waals surface area contributed by atoms with E-state index >= 15 is 0 Å². The third-order valence-electron chi connectivity index (χ3n) is 7.70. The predicted octanol–water partition coefficient (Wildman–Crippen LogP) is 5.04. The minimum atomic E-state index is -0.731. The van der Waals surface area contributed by atoms with Crippen molar-refractivity contribution in [3.05, 3.63) is 53.1 Å². The average molecular weight is 554 g/mol. The summed E-state index contributed by atoms with van der Waals surface area (Å²) in [6.07, 6.45) is 7.88. The molecule has 2 aliphatic heterocycles. The molecule has 0 saturated carbocycles. The predicted molar refractivity (Wildman–Crippen MR) is 158 cm³/mol. The number of ether oxygens (including phenoxy) is 3. The maximum absolute atomic E-state index is 13.5. The lowest BCUT2D eigenvalue weighted by Crippen LogP contribution is -2.48. The third-order valence-corrected chi connectivity index (χ3v) is 7.70. The number of aliphatic hydroxyl groups is 1. The summed E-state index contributed by atoms with van der Waals surface area (Å²) in [5, 5.41) is 21.3. The van der Waals surface area contributed by atoms with E-state index in [-0.39, 0.29) is 11.9 Å². The lowest BCUT2D eigenvalue weighted by molar-refractivity contribution is 0.0792. The molecule has 1 amide bonds. The smallest absolute Gasteiger partial charge is 0.251 e. The van der Waals surface area contributed by atoms with Crippen molar-refractivity contribution in [2.24, 2.45) is 5.92 Å². The molecule has 4 rings (SSSR count). The maximum atomic E-state index is 13.5. The molecule has 0 spiro atoms. The Labute approximate surface area is 239 Å². The van der Waals surface area contributed by atoms with E-state index in [0.29, 0.717) is 44.4 Å². The molecule has 2 aromatic carbocycles. The lowest BCUT2D eigenvalue weighted by atomic mass is 9.92. The van der Waals surface area contributed by atoms with Crippen LogP contribution in [0.4, 0.5) is 5.69 Å². The molecule has 0 unspecified atom stereocenters. The largest absolute Gasteiger partial charge is 0.490 e. The van der Waals surface area contributed by atoms with Crippen LogP contribution in [0, 0.1) is 5.92 Å². The highest BCUT2D eigenvalue weighted by atomic mass is 16.5. The van der Waals surface area contributed by atoms with E-state index in [1.165, 1.54) is 25.7 Å². The first-order valence-electron chi connectivity index (χ1n) is 15.0.